The molecule has 0 saturated carbocycles. The van der Waals surface area contributed by atoms with Crippen LogP contribution in [0.25, 0.3) is 0 Å². The molecule has 0 N–H and O–H groups in total. The first-order valence-electron chi connectivity index (χ1n) is 2.62. The van der Waals surface area contributed by atoms with Gasteiger partial charge < -0.3 is 0 Å². The summed E-state index contributed by atoms with van der Waals surface area (Å²) in [5.74, 6) is -0.981. The normalized spacial score (nSPS) is 9.78. The number of benzene rings is 1. The van der Waals surface area contributed by atoms with Gasteiger partial charge in [0.25, 0.3) is 0 Å². The topological polar surface area (TPSA) is 0 Å². The van der Waals surface area contributed by atoms with Crippen LogP contribution in [0.2, 0.25) is 0 Å². The third-order valence-corrected chi connectivity index (χ3v) is 1.20. The van der Waals surface area contributed by atoms with Crippen LogP contribution in [0, 0.1) is 11.6 Å². The summed E-state index contributed by atoms with van der Waals surface area (Å²) in [6.07, 6.45) is 0. The minimum absolute atomic E-state index is 0.0810. The van der Waals surface area contributed by atoms with Gasteiger partial charge in [-0.3, -0.25) is 0 Å². The number of rotatable bonds is 0. The Morgan fingerprint density at radius 2 is 1.56 bits per heavy atom. The van der Waals surface area contributed by atoms with E-state index in [4.69, 9.17) is 0 Å². The predicted molar refractivity (Wildman–Crippen MR) is 31.7 cm³/mol. The molecule has 0 bridgehead atoms. The van der Waals surface area contributed by atoms with E-state index in [1.807, 2.05) is 0 Å². The van der Waals surface area contributed by atoms with Gasteiger partial charge in [-0.05, 0) is 0 Å². The Kier molecular flexibility index (Phi) is 1.89. The second-order valence-corrected chi connectivity index (χ2v) is 1.85. The zero-order chi connectivity index (χ0) is 6.85. The van der Waals surface area contributed by atoms with E-state index >= 15 is 0 Å². The molecule has 0 aliphatic carbocycles. The van der Waals surface area contributed by atoms with Gasteiger partial charge in [-0.15, -0.1) is 0 Å². The van der Waals surface area contributed by atoms with Gasteiger partial charge in [0.15, 0.2) is 0 Å². The van der Waals surface area contributed by atoms with E-state index in [1.54, 1.807) is 0 Å². The van der Waals surface area contributed by atoms with E-state index in [9.17, 15) is 8.78 Å². The molecule has 0 aliphatic rings. The molecular formula is C6H3F2Li. The Bertz CT molecular complexity index is 202. The molecule has 0 nitrogen and oxygen atoms in total. The first-order chi connectivity index (χ1) is 4.22. The molecule has 0 saturated heterocycles. The Hall–Kier alpha value is -0.323. The summed E-state index contributed by atoms with van der Waals surface area (Å²) >= 11 is 1.41. The van der Waals surface area contributed by atoms with Crippen LogP contribution < -0.4 is 4.24 Å². The Morgan fingerprint density at radius 1 is 1.11 bits per heavy atom. The summed E-state index contributed by atoms with van der Waals surface area (Å²) in [6.45, 7) is 0. The SMILES string of the molecule is [Li][c]1c(F)cccc1F. The molecule has 0 spiro atoms. The van der Waals surface area contributed by atoms with Crippen molar-refractivity contribution in [2.24, 2.45) is 0 Å². The van der Waals surface area contributed by atoms with Gasteiger partial charge in [0.05, 0.1) is 0 Å². The molecule has 1 rings (SSSR count). The zero-order valence-electron chi connectivity index (χ0n) is 4.99. The van der Waals surface area contributed by atoms with Gasteiger partial charge in [-0.25, -0.2) is 0 Å². The van der Waals surface area contributed by atoms with Crippen LogP contribution in [0.3, 0.4) is 0 Å². The summed E-state index contributed by atoms with van der Waals surface area (Å²) in [5.41, 5.74) is 0. The second kappa shape index (κ2) is 2.51. The maximum absolute atomic E-state index is 12.3. The Morgan fingerprint density at radius 3 is 1.89 bits per heavy atom. The van der Waals surface area contributed by atoms with Gasteiger partial charge in [-0.2, -0.15) is 0 Å². The molecule has 0 heterocycles. The van der Waals surface area contributed by atoms with Gasteiger partial charge in [0, 0.05) is 0 Å². The number of hydrogen-bond donors (Lipinski definition) is 0. The van der Waals surface area contributed by atoms with Gasteiger partial charge in [-0.1, -0.05) is 0 Å². The van der Waals surface area contributed by atoms with Crippen molar-refractivity contribution < 1.29 is 8.78 Å². The van der Waals surface area contributed by atoms with Crippen LogP contribution in [0.5, 0.6) is 0 Å². The number of hydrogen-bond acceptors (Lipinski definition) is 0. The summed E-state index contributed by atoms with van der Waals surface area (Å²) < 4.78 is 24.8. The van der Waals surface area contributed by atoms with Crippen LogP contribution in [0.1, 0.15) is 0 Å². The molecule has 0 unspecified atom stereocenters. The van der Waals surface area contributed by atoms with Gasteiger partial charge >= 0.3 is 60.6 Å². The summed E-state index contributed by atoms with van der Waals surface area (Å²) in [7, 11) is 0. The van der Waals surface area contributed by atoms with Crippen molar-refractivity contribution in [2.45, 2.75) is 0 Å². The fourth-order valence-corrected chi connectivity index (χ4v) is 0.581. The number of halogens is 2. The van der Waals surface area contributed by atoms with Gasteiger partial charge in [0.2, 0.25) is 0 Å². The first-order valence-corrected chi connectivity index (χ1v) is 2.62. The maximum atomic E-state index is 12.3. The summed E-state index contributed by atoms with van der Waals surface area (Å²) in [5, 5.41) is 0. The van der Waals surface area contributed by atoms with Crippen LogP contribution >= 0.6 is 0 Å². The molecule has 0 amide bonds. The van der Waals surface area contributed by atoms with Crippen molar-refractivity contribution in [1.82, 2.24) is 0 Å². The van der Waals surface area contributed by atoms with E-state index in [2.05, 4.69) is 0 Å². The molecule has 0 aliphatic heterocycles. The van der Waals surface area contributed by atoms with E-state index in [-0.39, 0.29) is 4.24 Å². The van der Waals surface area contributed by atoms with E-state index in [1.165, 1.54) is 35.9 Å². The van der Waals surface area contributed by atoms with Crippen molar-refractivity contribution in [3.05, 3.63) is 29.8 Å². The predicted octanol–water partition coefficient (Wildman–Crippen LogP) is 0.759. The van der Waals surface area contributed by atoms with Crippen molar-refractivity contribution in [2.75, 3.05) is 0 Å². The molecule has 42 valence electrons. The monoisotopic (exact) mass is 120 g/mol. The van der Waals surface area contributed by atoms with Crippen LogP contribution in [-0.2, 0) is 0 Å². The molecule has 1 aromatic carbocycles. The first kappa shape index (κ1) is 6.79. The molecule has 0 aromatic heterocycles. The third kappa shape index (κ3) is 1.32. The molecule has 9 heavy (non-hydrogen) atoms. The molecule has 0 fully saturated rings. The fraction of sp³-hybridized carbons (Fsp3) is 0. The van der Waals surface area contributed by atoms with Crippen LogP contribution in [0.4, 0.5) is 8.78 Å². The minimum atomic E-state index is -0.491. The van der Waals surface area contributed by atoms with Crippen molar-refractivity contribution in [3.8, 4) is 0 Å². The third-order valence-electron chi connectivity index (χ3n) is 1.20. The standard InChI is InChI=1S/C6H3F2.Li/c7-5-2-1-3-6(8)4-5;/h1-3H;. The fourth-order valence-electron chi connectivity index (χ4n) is 0.581. The van der Waals surface area contributed by atoms with Crippen LogP contribution in [-0.4, -0.2) is 17.7 Å². The Balaban J connectivity index is 3.25. The average molecular weight is 120 g/mol. The average Bonchev–Trinajstić information content (AvgIpc) is 1.83. The quantitative estimate of drug-likeness (QED) is 0.443. The Labute approximate surface area is 61.1 Å². The molecule has 1 aromatic rings. The summed E-state index contributed by atoms with van der Waals surface area (Å²) in [4.78, 5) is 0. The summed E-state index contributed by atoms with van der Waals surface area (Å²) in [6, 6.07) is 3.81. The van der Waals surface area contributed by atoms with Crippen LogP contribution in [0.15, 0.2) is 18.2 Å². The second-order valence-electron chi connectivity index (χ2n) is 1.85. The van der Waals surface area contributed by atoms with E-state index in [0.717, 1.165) is 0 Å². The van der Waals surface area contributed by atoms with Crippen molar-refractivity contribution in [1.29, 1.82) is 0 Å². The van der Waals surface area contributed by atoms with Crippen molar-refractivity contribution in [3.63, 3.8) is 0 Å². The van der Waals surface area contributed by atoms with Crippen molar-refractivity contribution >= 4 is 22.0 Å². The molecule has 3 heteroatoms. The molecular weight excluding hydrogens is 117 g/mol. The zero-order valence-corrected chi connectivity index (χ0v) is 4.99. The van der Waals surface area contributed by atoms with E-state index in [0.29, 0.717) is 0 Å². The molecule has 0 atom stereocenters. The van der Waals surface area contributed by atoms with E-state index < -0.39 is 11.6 Å². The molecule has 0 radical (unpaired) electrons. The van der Waals surface area contributed by atoms with Gasteiger partial charge in [0.1, 0.15) is 0 Å².